The minimum absolute atomic E-state index is 0.117. The highest BCUT2D eigenvalue weighted by Crippen LogP contribution is 2.88. The average Bonchev–Trinajstić information content (AvgIpc) is 3.33. The fraction of sp³-hybridized carbons (Fsp3) is 0.933. The third kappa shape index (κ3) is 2.92. The molecule has 0 aromatic carbocycles. The third-order valence-electron chi connectivity index (χ3n) is 13.3. The summed E-state index contributed by atoms with van der Waals surface area (Å²) in [7, 11) is 0. The normalized spacial score (nSPS) is 49.3. The maximum Gasteiger partial charge on any atom is 0.306 e. The number of Topliss-reactive ketones (excluding diaryl/α,β-unsaturated/α-hetero) is 1. The Hall–Kier alpha value is -0.860. The van der Waals surface area contributed by atoms with Crippen LogP contribution in [0.15, 0.2) is 0 Å². The lowest BCUT2D eigenvalue weighted by Crippen LogP contribution is -2.57. The lowest BCUT2D eigenvalue weighted by Gasteiger charge is -2.62. The van der Waals surface area contributed by atoms with Crippen LogP contribution >= 0.6 is 0 Å². The Bertz CT molecular complexity index is 845. The Kier molecular flexibility index (Phi) is 5.30. The van der Waals surface area contributed by atoms with Gasteiger partial charge in [0.05, 0.1) is 5.92 Å². The van der Waals surface area contributed by atoms with Crippen molar-refractivity contribution in [2.45, 2.75) is 119 Å². The number of carbonyl (C=O) groups is 2. The summed E-state index contributed by atoms with van der Waals surface area (Å²) in [6.45, 7) is 14.2. The second-order valence-electron chi connectivity index (χ2n) is 14.4. The van der Waals surface area contributed by atoms with Crippen molar-refractivity contribution in [1.29, 1.82) is 0 Å². The highest BCUT2D eigenvalue weighted by atomic mass is 16.4. The lowest BCUT2D eigenvalue weighted by atomic mass is 9.42. The van der Waals surface area contributed by atoms with Gasteiger partial charge in [0.2, 0.25) is 0 Å². The Balaban J connectivity index is 1.35. The largest absolute Gasteiger partial charge is 0.481 e. The summed E-state index contributed by atoms with van der Waals surface area (Å²) >= 11 is 0. The number of carboxylic acids is 1. The number of hydrogen-bond donors (Lipinski definition) is 1. The highest BCUT2D eigenvalue weighted by molar-refractivity contribution is 5.86. The number of fused-ring (bicyclic) bond motifs is 2. The molecular formula is C30H48O3. The first-order chi connectivity index (χ1) is 15.4. The molecule has 5 aliphatic rings. The molecule has 0 amide bonds. The molecule has 5 saturated carbocycles. The monoisotopic (exact) mass is 456 g/mol. The molecule has 3 heteroatoms. The van der Waals surface area contributed by atoms with E-state index in [-0.39, 0.29) is 11.3 Å². The molecule has 5 rings (SSSR count). The van der Waals surface area contributed by atoms with Crippen molar-refractivity contribution in [2.75, 3.05) is 0 Å². The standard InChI is InChI=1S/C30H48O3/c1-19(8-7-9-20(2)25(32)33)21-12-14-28(6)23-11-10-22-26(3,4)24(31)13-15-29(22)18-30(23,29)17-16-27(21,28)5/h19-23H,7-18H2,1-6H3,(H,32,33)/t19-,20?,21-,22+,23+,27-,28+,29?,30?/m1/s1. The second-order valence-corrected chi connectivity index (χ2v) is 14.4. The smallest absolute Gasteiger partial charge is 0.306 e. The Morgan fingerprint density at radius 3 is 2.27 bits per heavy atom. The van der Waals surface area contributed by atoms with Gasteiger partial charge in [-0.05, 0) is 103 Å². The molecule has 0 aromatic heterocycles. The van der Waals surface area contributed by atoms with E-state index in [0.29, 0.717) is 39.3 Å². The van der Waals surface area contributed by atoms with Crippen molar-refractivity contribution >= 4 is 11.8 Å². The van der Waals surface area contributed by atoms with Crippen LogP contribution in [0.2, 0.25) is 0 Å². The van der Waals surface area contributed by atoms with Crippen LogP contribution in [0.4, 0.5) is 0 Å². The van der Waals surface area contributed by atoms with Gasteiger partial charge in [-0.1, -0.05) is 54.4 Å². The SMILES string of the molecule is CC(CCC[C@@H](C)[C@H]1CC[C@@]2(C)[C@@H]3CC[C@H]4C(C)(C)C(=O)CCC45CC35CC[C@]12C)C(=O)O. The van der Waals surface area contributed by atoms with E-state index in [1.807, 2.05) is 6.92 Å². The van der Waals surface area contributed by atoms with Gasteiger partial charge in [-0.3, -0.25) is 9.59 Å². The van der Waals surface area contributed by atoms with Gasteiger partial charge in [0.15, 0.2) is 0 Å². The molecule has 2 spiro atoms. The summed E-state index contributed by atoms with van der Waals surface area (Å²) in [6.07, 6.45) is 14.5. The molecule has 0 bridgehead atoms. The fourth-order valence-corrected chi connectivity index (χ4v) is 11.2. The summed E-state index contributed by atoms with van der Waals surface area (Å²) in [5.41, 5.74) is 1.72. The maximum atomic E-state index is 12.8. The fourth-order valence-electron chi connectivity index (χ4n) is 11.2. The number of aliphatic carboxylic acids is 1. The molecule has 5 aliphatic carbocycles. The van der Waals surface area contributed by atoms with E-state index >= 15 is 0 Å². The molecule has 0 saturated heterocycles. The predicted octanol–water partition coefficient (Wildman–Crippen LogP) is 7.52. The molecule has 0 aliphatic heterocycles. The van der Waals surface area contributed by atoms with Crippen molar-refractivity contribution in [3.05, 3.63) is 0 Å². The van der Waals surface area contributed by atoms with Gasteiger partial charge in [-0.2, -0.15) is 0 Å². The number of carboxylic acid groups (broad SMARTS) is 1. The van der Waals surface area contributed by atoms with E-state index < -0.39 is 5.97 Å². The van der Waals surface area contributed by atoms with E-state index in [0.717, 1.165) is 31.1 Å². The van der Waals surface area contributed by atoms with Gasteiger partial charge >= 0.3 is 5.97 Å². The molecule has 33 heavy (non-hydrogen) atoms. The van der Waals surface area contributed by atoms with Crippen LogP contribution in [0.3, 0.4) is 0 Å². The topological polar surface area (TPSA) is 54.4 Å². The van der Waals surface area contributed by atoms with Gasteiger partial charge < -0.3 is 5.11 Å². The van der Waals surface area contributed by atoms with E-state index in [2.05, 4.69) is 34.6 Å². The molecule has 0 heterocycles. The Morgan fingerprint density at radius 2 is 1.58 bits per heavy atom. The minimum atomic E-state index is -0.651. The van der Waals surface area contributed by atoms with E-state index in [9.17, 15) is 14.7 Å². The Labute approximate surface area is 201 Å². The predicted molar refractivity (Wildman–Crippen MR) is 132 cm³/mol. The summed E-state index contributed by atoms with van der Waals surface area (Å²) in [5.74, 6) is 2.57. The number of ketones is 1. The zero-order valence-corrected chi connectivity index (χ0v) is 22.1. The van der Waals surface area contributed by atoms with Gasteiger partial charge in [-0.15, -0.1) is 0 Å². The van der Waals surface area contributed by atoms with Crippen molar-refractivity contribution in [3.63, 3.8) is 0 Å². The van der Waals surface area contributed by atoms with Crippen LogP contribution in [0.25, 0.3) is 0 Å². The summed E-state index contributed by atoms with van der Waals surface area (Å²) in [4.78, 5) is 24.1. The second kappa shape index (κ2) is 7.33. The number of hydrogen-bond acceptors (Lipinski definition) is 2. The van der Waals surface area contributed by atoms with Gasteiger partial charge in [0.1, 0.15) is 5.78 Å². The van der Waals surface area contributed by atoms with Gasteiger partial charge in [0, 0.05) is 11.8 Å². The molecule has 0 radical (unpaired) electrons. The first-order valence-electron chi connectivity index (χ1n) is 14.1. The summed E-state index contributed by atoms with van der Waals surface area (Å²) < 4.78 is 0. The number of carbonyl (C=O) groups excluding carboxylic acids is 1. The zero-order chi connectivity index (χ0) is 24.0. The third-order valence-corrected chi connectivity index (χ3v) is 13.3. The maximum absolute atomic E-state index is 12.8. The first-order valence-corrected chi connectivity index (χ1v) is 14.1. The van der Waals surface area contributed by atoms with Crippen LogP contribution < -0.4 is 0 Å². The molecule has 9 atom stereocenters. The Morgan fingerprint density at radius 1 is 0.909 bits per heavy atom. The van der Waals surface area contributed by atoms with Crippen LogP contribution in [-0.2, 0) is 9.59 Å². The number of rotatable bonds is 6. The van der Waals surface area contributed by atoms with Crippen molar-refractivity contribution < 1.29 is 14.7 Å². The highest BCUT2D eigenvalue weighted by Gasteiger charge is 2.82. The molecule has 186 valence electrons. The van der Waals surface area contributed by atoms with Crippen molar-refractivity contribution in [2.24, 2.45) is 56.7 Å². The molecule has 5 fully saturated rings. The van der Waals surface area contributed by atoms with Crippen molar-refractivity contribution in [1.82, 2.24) is 0 Å². The van der Waals surface area contributed by atoms with E-state index in [1.165, 1.54) is 57.8 Å². The van der Waals surface area contributed by atoms with Crippen LogP contribution in [0.5, 0.6) is 0 Å². The molecular weight excluding hydrogens is 408 g/mol. The van der Waals surface area contributed by atoms with Gasteiger partial charge in [-0.25, -0.2) is 0 Å². The molecule has 3 nitrogen and oxygen atoms in total. The molecule has 3 unspecified atom stereocenters. The summed E-state index contributed by atoms with van der Waals surface area (Å²) in [5, 5.41) is 9.24. The van der Waals surface area contributed by atoms with Crippen molar-refractivity contribution in [3.8, 4) is 0 Å². The summed E-state index contributed by atoms with van der Waals surface area (Å²) in [6, 6.07) is 0. The van der Waals surface area contributed by atoms with Crippen LogP contribution in [0.1, 0.15) is 119 Å². The molecule has 1 N–H and O–H groups in total. The van der Waals surface area contributed by atoms with E-state index in [4.69, 9.17) is 0 Å². The van der Waals surface area contributed by atoms with Crippen LogP contribution in [-0.4, -0.2) is 16.9 Å². The average molecular weight is 457 g/mol. The zero-order valence-electron chi connectivity index (χ0n) is 22.1. The molecule has 0 aromatic rings. The lowest BCUT2D eigenvalue weighted by molar-refractivity contribution is -0.157. The minimum Gasteiger partial charge on any atom is -0.481 e. The first kappa shape index (κ1) is 23.9. The van der Waals surface area contributed by atoms with Gasteiger partial charge in [0.25, 0.3) is 0 Å². The quantitative estimate of drug-likeness (QED) is 0.449. The van der Waals surface area contributed by atoms with Crippen LogP contribution in [0, 0.1) is 56.7 Å². The van der Waals surface area contributed by atoms with E-state index in [1.54, 1.807) is 0 Å².